The molecular formula is C20H28N4O3. The molecule has 2 amide bonds. The van der Waals surface area contributed by atoms with Gasteiger partial charge in [-0.15, -0.1) is 0 Å². The molecule has 27 heavy (non-hydrogen) atoms. The first-order valence-electron chi connectivity index (χ1n) is 9.17. The van der Waals surface area contributed by atoms with E-state index in [9.17, 15) is 14.4 Å². The van der Waals surface area contributed by atoms with Gasteiger partial charge in [-0.2, -0.15) is 0 Å². The maximum absolute atomic E-state index is 13.0. The molecule has 1 aliphatic rings. The Labute approximate surface area is 160 Å². The minimum atomic E-state index is -0.817. The van der Waals surface area contributed by atoms with Crippen molar-refractivity contribution in [3.05, 3.63) is 41.6 Å². The van der Waals surface area contributed by atoms with Crippen molar-refractivity contribution in [3.8, 4) is 0 Å². The van der Waals surface area contributed by atoms with Crippen LogP contribution in [0.15, 0.2) is 30.5 Å². The summed E-state index contributed by atoms with van der Waals surface area (Å²) in [4.78, 5) is 39.3. The van der Waals surface area contributed by atoms with Crippen LogP contribution >= 0.6 is 0 Å². The molecule has 7 nitrogen and oxygen atoms in total. The van der Waals surface area contributed by atoms with Gasteiger partial charge in [-0.25, -0.2) is 0 Å². The first kappa shape index (κ1) is 20.6. The average Bonchev–Trinajstić information content (AvgIpc) is 2.71. The Bertz CT molecular complexity index is 698. The lowest BCUT2D eigenvalue weighted by Gasteiger charge is -2.30. The molecule has 2 N–H and O–H groups in total. The van der Waals surface area contributed by atoms with E-state index in [1.165, 1.54) is 0 Å². The zero-order valence-corrected chi connectivity index (χ0v) is 16.0. The SMILES string of the molecule is C=C(CCC(C=O)N(C=O)C(=O)c1cc(N2CCNCC2)ccc1C)NC. The highest BCUT2D eigenvalue weighted by atomic mass is 16.2. The number of anilines is 1. The molecule has 0 aliphatic carbocycles. The van der Waals surface area contributed by atoms with E-state index in [2.05, 4.69) is 22.1 Å². The molecule has 146 valence electrons. The van der Waals surface area contributed by atoms with E-state index < -0.39 is 11.9 Å². The van der Waals surface area contributed by atoms with E-state index in [-0.39, 0.29) is 0 Å². The van der Waals surface area contributed by atoms with Crippen LogP contribution in [-0.2, 0) is 9.59 Å². The fourth-order valence-electron chi connectivity index (χ4n) is 3.10. The molecule has 0 spiro atoms. The number of allylic oxidation sites excluding steroid dienone is 1. The second-order valence-corrected chi connectivity index (χ2v) is 6.65. The molecule has 1 aliphatic heterocycles. The van der Waals surface area contributed by atoms with Crippen LogP contribution in [0.2, 0.25) is 0 Å². The van der Waals surface area contributed by atoms with Crippen molar-refractivity contribution in [1.29, 1.82) is 0 Å². The van der Waals surface area contributed by atoms with Gasteiger partial charge in [0.2, 0.25) is 6.41 Å². The monoisotopic (exact) mass is 372 g/mol. The lowest BCUT2D eigenvalue weighted by Crippen LogP contribution is -2.44. The van der Waals surface area contributed by atoms with Gasteiger partial charge >= 0.3 is 0 Å². The zero-order valence-electron chi connectivity index (χ0n) is 16.0. The van der Waals surface area contributed by atoms with Gasteiger partial charge in [0.25, 0.3) is 5.91 Å². The van der Waals surface area contributed by atoms with E-state index >= 15 is 0 Å². The third kappa shape index (κ3) is 5.17. The number of hydrogen-bond acceptors (Lipinski definition) is 6. The molecule has 1 atom stereocenters. The Morgan fingerprint density at radius 2 is 2.07 bits per heavy atom. The summed E-state index contributed by atoms with van der Waals surface area (Å²) in [5.41, 5.74) is 2.91. The number of carbonyl (C=O) groups is 3. The number of nitrogens with zero attached hydrogens (tertiary/aromatic N) is 2. The van der Waals surface area contributed by atoms with E-state index in [4.69, 9.17) is 0 Å². The van der Waals surface area contributed by atoms with Gasteiger partial charge in [0.05, 0.1) is 6.04 Å². The van der Waals surface area contributed by atoms with Crippen molar-refractivity contribution in [2.75, 3.05) is 38.1 Å². The summed E-state index contributed by atoms with van der Waals surface area (Å²) in [6.45, 7) is 9.14. The maximum atomic E-state index is 13.0. The van der Waals surface area contributed by atoms with E-state index in [1.807, 2.05) is 25.1 Å². The van der Waals surface area contributed by atoms with Crippen LogP contribution in [-0.4, -0.2) is 62.8 Å². The van der Waals surface area contributed by atoms with Crippen molar-refractivity contribution in [3.63, 3.8) is 0 Å². The first-order valence-corrected chi connectivity index (χ1v) is 9.17. The Morgan fingerprint density at radius 1 is 1.37 bits per heavy atom. The van der Waals surface area contributed by atoms with E-state index in [1.54, 1.807) is 7.05 Å². The van der Waals surface area contributed by atoms with Crippen LogP contribution in [0.1, 0.15) is 28.8 Å². The standard InChI is InChI=1S/C20H28N4O3/c1-15-4-6-17(23-10-8-22-9-11-23)12-19(15)20(27)24(14-26)18(13-25)7-5-16(2)21-3/h4,6,12-14,18,21-22H,2,5,7-11H2,1,3H3. The lowest BCUT2D eigenvalue weighted by molar-refractivity contribution is -0.123. The van der Waals surface area contributed by atoms with Crippen molar-refractivity contribution in [1.82, 2.24) is 15.5 Å². The van der Waals surface area contributed by atoms with Gasteiger partial charge in [0, 0.05) is 50.2 Å². The molecular weight excluding hydrogens is 344 g/mol. The minimum absolute atomic E-state index is 0.337. The smallest absolute Gasteiger partial charge is 0.261 e. The number of nitrogens with one attached hydrogen (secondary N) is 2. The molecule has 0 saturated carbocycles. The normalized spacial score (nSPS) is 15.0. The lowest BCUT2D eigenvalue weighted by atomic mass is 10.0. The molecule has 2 rings (SSSR count). The summed E-state index contributed by atoms with van der Waals surface area (Å²) < 4.78 is 0. The predicted octanol–water partition coefficient (Wildman–Crippen LogP) is 1.08. The summed E-state index contributed by atoms with van der Waals surface area (Å²) in [7, 11) is 1.74. The van der Waals surface area contributed by atoms with Crippen molar-refractivity contribution < 1.29 is 14.4 Å². The Hall–Kier alpha value is -2.67. The molecule has 1 aromatic rings. The molecule has 1 fully saturated rings. The Morgan fingerprint density at radius 3 is 2.67 bits per heavy atom. The number of rotatable bonds is 9. The number of piperazine rings is 1. The third-order valence-corrected chi connectivity index (χ3v) is 4.89. The molecule has 0 radical (unpaired) electrons. The fourth-order valence-corrected chi connectivity index (χ4v) is 3.10. The molecule has 1 unspecified atom stereocenters. The van der Waals surface area contributed by atoms with Crippen LogP contribution < -0.4 is 15.5 Å². The second-order valence-electron chi connectivity index (χ2n) is 6.65. The summed E-state index contributed by atoms with van der Waals surface area (Å²) in [6, 6.07) is 4.86. The van der Waals surface area contributed by atoms with Crippen LogP contribution in [0.4, 0.5) is 5.69 Å². The number of hydrogen-bond donors (Lipinski definition) is 2. The molecule has 1 saturated heterocycles. The van der Waals surface area contributed by atoms with Gasteiger partial charge in [0.1, 0.15) is 6.29 Å². The largest absolute Gasteiger partial charge is 0.392 e. The first-order chi connectivity index (χ1) is 13.0. The summed E-state index contributed by atoms with van der Waals surface area (Å²) in [5, 5.41) is 6.20. The molecule has 1 aromatic carbocycles. The van der Waals surface area contributed by atoms with Crippen LogP contribution in [0.25, 0.3) is 0 Å². The summed E-state index contributed by atoms with van der Waals surface area (Å²) in [5.74, 6) is -0.452. The molecule has 0 bridgehead atoms. The number of carbonyl (C=O) groups excluding carboxylic acids is 3. The Balaban J connectivity index is 2.23. The van der Waals surface area contributed by atoms with Crippen molar-refractivity contribution in [2.45, 2.75) is 25.8 Å². The third-order valence-electron chi connectivity index (χ3n) is 4.89. The molecule has 0 aromatic heterocycles. The van der Waals surface area contributed by atoms with Gasteiger partial charge < -0.3 is 20.3 Å². The maximum Gasteiger partial charge on any atom is 0.261 e. The number of aryl methyl sites for hydroxylation is 1. The topological polar surface area (TPSA) is 81.8 Å². The number of benzene rings is 1. The Kier molecular flexibility index (Phi) is 7.55. The van der Waals surface area contributed by atoms with Gasteiger partial charge in [-0.1, -0.05) is 12.6 Å². The van der Waals surface area contributed by atoms with Crippen LogP contribution in [0, 0.1) is 6.92 Å². The highest BCUT2D eigenvalue weighted by Crippen LogP contribution is 2.22. The second kappa shape index (κ2) is 9.87. The number of aldehydes is 1. The van der Waals surface area contributed by atoms with Gasteiger partial charge in [-0.05, 0) is 37.5 Å². The average molecular weight is 372 g/mol. The zero-order chi connectivity index (χ0) is 19.8. The molecule has 1 heterocycles. The molecule has 7 heteroatoms. The fraction of sp³-hybridized carbons (Fsp3) is 0.450. The van der Waals surface area contributed by atoms with Crippen LogP contribution in [0.5, 0.6) is 0 Å². The van der Waals surface area contributed by atoms with Crippen molar-refractivity contribution >= 4 is 24.3 Å². The van der Waals surface area contributed by atoms with Gasteiger partial charge in [-0.3, -0.25) is 14.5 Å². The minimum Gasteiger partial charge on any atom is -0.392 e. The number of imide groups is 1. The van der Waals surface area contributed by atoms with Gasteiger partial charge in [0.15, 0.2) is 0 Å². The summed E-state index contributed by atoms with van der Waals surface area (Å²) in [6.07, 6.45) is 1.92. The highest BCUT2D eigenvalue weighted by molar-refractivity contribution is 6.03. The quantitative estimate of drug-likeness (QED) is 0.632. The van der Waals surface area contributed by atoms with Crippen molar-refractivity contribution in [2.24, 2.45) is 0 Å². The van der Waals surface area contributed by atoms with E-state index in [0.717, 1.165) is 48.0 Å². The summed E-state index contributed by atoms with van der Waals surface area (Å²) >= 11 is 0. The van der Waals surface area contributed by atoms with E-state index in [0.29, 0.717) is 31.1 Å². The van der Waals surface area contributed by atoms with Crippen LogP contribution in [0.3, 0.4) is 0 Å². The highest BCUT2D eigenvalue weighted by Gasteiger charge is 2.26. The number of amides is 2. The predicted molar refractivity (Wildman–Crippen MR) is 106 cm³/mol.